The highest BCUT2D eigenvalue weighted by atomic mass is 16.5. The van der Waals surface area contributed by atoms with Gasteiger partial charge in [-0.3, -0.25) is 11.3 Å². The lowest BCUT2D eigenvalue weighted by atomic mass is 10.1. The molecule has 0 amide bonds. The zero-order chi connectivity index (χ0) is 13.5. The van der Waals surface area contributed by atoms with Gasteiger partial charge in [-0.1, -0.05) is 18.2 Å². The zero-order valence-electron chi connectivity index (χ0n) is 11.1. The molecular weight excluding hydrogens is 240 g/mol. The summed E-state index contributed by atoms with van der Waals surface area (Å²) >= 11 is 0. The maximum absolute atomic E-state index is 5.59. The van der Waals surface area contributed by atoms with Gasteiger partial charge in [0.25, 0.3) is 0 Å². The molecule has 2 rings (SSSR count). The average molecular weight is 260 g/mol. The van der Waals surface area contributed by atoms with Crippen LogP contribution in [0.25, 0.3) is 5.69 Å². The Morgan fingerprint density at radius 3 is 2.79 bits per heavy atom. The number of rotatable bonds is 7. The van der Waals surface area contributed by atoms with Crippen molar-refractivity contribution in [1.29, 1.82) is 0 Å². The zero-order valence-corrected chi connectivity index (χ0v) is 11.1. The van der Waals surface area contributed by atoms with E-state index in [2.05, 4.69) is 10.5 Å². The van der Waals surface area contributed by atoms with E-state index in [0.29, 0.717) is 0 Å². The Bertz CT molecular complexity index is 483. The minimum atomic E-state index is 0.0557. The van der Waals surface area contributed by atoms with Gasteiger partial charge in [0.05, 0.1) is 17.4 Å². The number of aromatic nitrogens is 2. The molecule has 3 N–H and O–H groups in total. The SMILES string of the molecule is COCCCC(NN)c1ccn(-c2ccccc2)n1. The van der Waals surface area contributed by atoms with Crippen LogP contribution in [0.2, 0.25) is 0 Å². The van der Waals surface area contributed by atoms with Crippen molar-refractivity contribution in [2.45, 2.75) is 18.9 Å². The molecule has 0 spiro atoms. The Morgan fingerprint density at radius 2 is 2.11 bits per heavy atom. The molecule has 0 bridgehead atoms. The number of methoxy groups -OCH3 is 1. The standard InChI is InChI=1S/C14H20N4O/c1-19-11-5-8-13(16-15)14-9-10-18(17-14)12-6-3-2-4-7-12/h2-4,6-7,9-10,13,16H,5,8,11,15H2,1H3. The van der Waals surface area contributed by atoms with Crippen molar-refractivity contribution in [1.82, 2.24) is 15.2 Å². The Hall–Kier alpha value is -1.69. The van der Waals surface area contributed by atoms with E-state index in [-0.39, 0.29) is 6.04 Å². The lowest BCUT2D eigenvalue weighted by molar-refractivity contribution is 0.188. The summed E-state index contributed by atoms with van der Waals surface area (Å²) < 4.78 is 6.91. The number of ether oxygens (including phenoxy) is 1. The van der Waals surface area contributed by atoms with E-state index in [0.717, 1.165) is 30.8 Å². The fourth-order valence-electron chi connectivity index (χ4n) is 2.00. The topological polar surface area (TPSA) is 65.1 Å². The summed E-state index contributed by atoms with van der Waals surface area (Å²) in [5.41, 5.74) is 4.80. The minimum Gasteiger partial charge on any atom is -0.385 e. The molecule has 0 aliphatic heterocycles. The summed E-state index contributed by atoms with van der Waals surface area (Å²) in [6, 6.07) is 12.1. The predicted molar refractivity (Wildman–Crippen MR) is 74.7 cm³/mol. The van der Waals surface area contributed by atoms with E-state index >= 15 is 0 Å². The first-order chi connectivity index (χ1) is 9.35. The molecule has 0 aliphatic rings. The molecule has 0 fully saturated rings. The summed E-state index contributed by atoms with van der Waals surface area (Å²) in [5.74, 6) is 5.59. The summed E-state index contributed by atoms with van der Waals surface area (Å²) in [6.07, 6.45) is 3.80. The van der Waals surface area contributed by atoms with Crippen molar-refractivity contribution in [3.8, 4) is 5.69 Å². The highest BCUT2D eigenvalue weighted by Crippen LogP contribution is 2.17. The van der Waals surface area contributed by atoms with Crippen LogP contribution in [0.1, 0.15) is 24.6 Å². The van der Waals surface area contributed by atoms with Crippen molar-refractivity contribution in [2.24, 2.45) is 5.84 Å². The highest BCUT2D eigenvalue weighted by molar-refractivity contribution is 5.30. The number of hydrogen-bond donors (Lipinski definition) is 2. The third kappa shape index (κ3) is 3.64. The third-order valence-corrected chi connectivity index (χ3v) is 3.03. The maximum atomic E-state index is 5.59. The monoisotopic (exact) mass is 260 g/mol. The smallest absolute Gasteiger partial charge is 0.0811 e. The van der Waals surface area contributed by atoms with Crippen LogP contribution in [-0.4, -0.2) is 23.5 Å². The molecule has 5 nitrogen and oxygen atoms in total. The van der Waals surface area contributed by atoms with Crippen LogP contribution in [-0.2, 0) is 4.74 Å². The first-order valence-electron chi connectivity index (χ1n) is 6.41. The summed E-state index contributed by atoms with van der Waals surface area (Å²) in [4.78, 5) is 0. The van der Waals surface area contributed by atoms with Crippen LogP contribution in [0.15, 0.2) is 42.6 Å². The van der Waals surface area contributed by atoms with Crippen LogP contribution < -0.4 is 11.3 Å². The molecule has 0 saturated carbocycles. The second-order valence-electron chi connectivity index (χ2n) is 4.38. The molecule has 102 valence electrons. The van der Waals surface area contributed by atoms with Gasteiger partial charge in [0, 0.05) is 19.9 Å². The maximum Gasteiger partial charge on any atom is 0.0811 e. The summed E-state index contributed by atoms with van der Waals surface area (Å²) in [5, 5.41) is 4.56. The number of nitrogens with two attached hydrogens (primary N) is 1. The molecule has 5 heteroatoms. The van der Waals surface area contributed by atoms with E-state index in [1.165, 1.54) is 0 Å². The molecule has 0 saturated heterocycles. The molecule has 1 aromatic heterocycles. The van der Waals surface area contributed by atoms with E-state index in [1.807, 2.05) is 47.3 Å². The van der Waals surface area contributed by atoms with Crippen LogP contribution in [0.4, 0.5) is 0 Å². The summed E-state index contributed by atoms with van der Waals surface area (Å²) in [6.45, 7) is 0.734. The van der Waals surface area contributed by atoms with Crippen molar-refractivity contribution in [2.75, 3.05) is 13.7 Å². The largest absolute Gasteiger partial charge is 0.385 e. The molecular formula is C14H20N4O. The number of hydrogen-bond acceptors (Lipinski definition) is 4. The van der Waals surface area contributed by atoms with Crippen LogP contribution in [0, 0.1) is 0 Å². The Balaban J connectivity index is 2.06. The molecule has 1 aromatic carbocycles. The van der Waals surface area contributed by atoms with Crippen LogP contribution in [0.5, 0.6) is 0 Å². The van der Waals surface area contributed by atoms with E-state index in [4.69, 9.17) is 10.6 Å². The Labute approximate surface area is 113 Å². The number of benzene rings is 1. The van der Waals surface area contributed by atoms with E-state index < -0.39 is 0 Å². The van der Waals surface area contributed by atoms with Gasteiger partial charge in [-0.05, 0) is 31.0 Å². The summed E-state index contributed by atoms with van der Waals surface area (Å²) in [7, 11) is 1.70. The fourth-order valence-corrected chi connectivity index (χ4v) is 2.00. The number of nitrogens with zero attached hydrogens (tertiary/aromatic N) is 2. The third-order valence-electron chi connectivity index (χ3n) is 3.03. The van der Waals surface area contributed by atoms with Gasteiger partial charge in [0.1, 0.15) is 0 Å². The molecule has 1 atom stereocenters. The molecule has 1 unspecified atom stereocenters. The lowest BCUT2D eigenvalue weighted by Crippen LogP contribution is -2.28. The van der Waals surface area contributed by atoms with Crippen molar-refractivity contribution in [3.05, 3.63) is 48.3 Å². The Kier molecular flexibility index (Phi) is 5.09. The lowest BCUT2D eigenvalue weighted by Gasteiger charge is -2.12. The van der Waals surface area contributed by atoms with Gasteiger partial charge in [-0.2, -0.15) is 5.10 Å². The molecule has 19 heavy (non-hydrogen) atoms. The highest BCUT2D eigenvalue weighted by Gasteiger charge is 2.12. The fraction of sp³-hybridized carbons (Fsp3) is 0.357. The minimum absolute atomic E-state index is 0.0557. The van der Waals surface area contributed by atoms with Gasteiger partial charge in [0.2, 0.25) is 0 Å². The number of hydrazine groups is 1. The van der Waals surface area contributed by atoms with Gasteiger partial charge < -0.3 is 4.74 Å². The van der Waals surface area contributed by atoms with Gasteiger partial charge >= 0.3 is 0 Å². The van der Waals surface area contributed by atoms with Gasteiger partial charge in [-0.25, -0.2) is 4.68 Å². The van der Waals surface area contributed by atoms with Gasteiger partial charge in [0.15, 0.2) is 0 Å². The van der Waals surface area contributed by atoms with Crippen molar-refractivity contribution >= 4 is 0 Å². The quantitative estimate of drug-likeness (QED) is 0.452. The molecule has 0 aliphatic carbocycles. The average Bonchev–Trinajstić information content (AvgIpc) is 2.94. The number of para-hydroxylation sites is 1. The molecule has 2 aromatic rings. The molecule has 1 heterocycles. The number of nitrogens with one attached hydrogen (secondary N) is 1. The second-order valence-corrected chi connectivity index (χ2v) is 4.38. The van der Waals surface area contributed by atoms with Gasteiger partial charge in [-0.15, -0.1) is 0 Å². The molecule has 0 radical (unpaired) electrons. The first kappa shape index (κ1) is 13.7. The van der Waals surface area contributed by atoms with Crippen LogP contribution in [0.3, 0.4) is 0 Å². The van der Waals surface area contributed by atoms with Crippen molar-refractivity contribution < 1.29 is 4.74 Å². The normalized spacial score (nSPS) is 12.5. The second kappa shape index (κ2) is 7.04. The van der Waals surface area contributed by atoms with E-state index in [9.17, 15) is 0 Å². The van der Waals surface area contributed by atoms with Crippen molar-refractivity contribution in [3.63, 3.8) is 0 Å². The predicted octanol–water partition coefficient (Wildman–Crippen LogP) is 1.80. The van der Waals surface area contributed by atoms with Crippen LogP contribution >= 0.6 is 0 Å². The Morgan fingerprint density at radius 1 is 1.32 bits per heavy atom. The van der Waals surface area contributed by atoms with E-state index in [1.54, 1.807) is 7.11 Å². The first-order valence-corrected chi connectivity index (χ1v) is 6.41.